The maximum Gasteiger partial charge on any atom is 0.312 e. The normalized spacial score (nSPS) is 10.5. The first-order valence-electron chi connectivity index (χ1n) is 8.09. The minimum Gasteiger partial charge on any atom is -0.494 e. The summed E-state index contributed by atoms with van der Waals surface area (Å²) in [4.78, 5) is 34.2. The zero-order valence-corrected chi connectivity index (χ0v) is 14.7. The summed E-state index contributed by atoms with van der Waals surface area (Å²) in [7, 11) is 1.32. The van der Waals surface area contributed by atoms with Crippen molar-refractivity contribution in [2.45, 2.75) is 6.42 Å². The molecule has 0 aliphatic heterocycles. The molecule has 1 heterocycles. The van der Waals surface area contributed by atoms with Crippen LogP contribution in [0.2, 0.25) is 0 Å². The summed E-state index contributed by atoms with van der Waals surface area (Å²) in [5, 5.41) is 17.8. The van der Waals surface area contributed by atoms with Crippen molar-refractivity contribution in [3.63, 3.8) is 0 Å². The summed E-state index contributed by atoms with van der Waals surface area (Å²) in [6, 6.07) is 10.8. The predicted molar refractivity (Wildman–Crippen MR) is 97.0 cm³/mol. The van der Waals surface area contributed by atoms with Crippen molar-refractivity contribution in [3.05, 3.63) is 58.3 Å². The number of benzene rings is 2. The standard InChI is InChI=1S/C18H15N3O7/c1-26-16-8-11(21(24)25)6-7-13(16)19-17(22)10-27-18(23)9-14-12-4-2-3-5-15(12)28-20-14/h2-8H,9-10H2,1H3,(H,19,22). The number of nitro groups is 1. The second-order valence-electron chi connectivity index (χ2n) is 5.65. The molecule has 1 N–H and O–H groups in total. The van der Waals surface area contributed by atoms with E-state index in [1.54, 1.807) is 24.3 Å². The highest BCUT2D eigenvalue weighted by molar-refractivity contribution is 5.94. The van der Waals surface area contributed by atoms with Crippen molar-refractivity contribution in [1.82, 2.24) is 5.16 Å². The maximum atomic E-state index is 12.0. The van der Waals surface area contributed by atoms with Crippen molar-refractivity contribution in [3.8, 4) is 5.75 Å². The topological polar surface area (TPSA) is 134 Å². The largest absolute Gasteiger partial charge is 0.494 e. The number of nitrogens with one attached hydrogen (secondary N) is 1. The average Bonchev–Trinajstić information content (AvgIpc) is 3.09. The zero-order chi connectivity index (χ0) is 20.1. The molecule has 0 aliphatic carbocycles. The SMILES string of the molecule is COc1cc([N+](=O)[O-])ccc1NC(=O)COC(=O)Cc1noc2ccccc12. The highest BCUT2D eigenvalue weighted by Gasteiger charge is 2.16. The van der Waals surface area contributed by atoms with E-state index in [9.17, 15) is 19.7 Å². The van der Waals surface area contributed by atoms with Crippen LogP contribution in [0, 0.1) is 10.1 Å². The quantitative estimate of drug-likeness (QED) is 0.372. The maximum absolute atomic E-state index is 12.0. The van der Waals surface area contributed by atoms with E-state index >= 15 is 0 Å². The molecule has 2 aromatic carbocycles. The number of carbonyl (C=O) groups excluding carboxylic acids is 2. The van der Waals surface area contributed by atoms with E-state index in [1.807, 2.05) is 0 Å². The number of ether oxygens (including phenoxy) is 2. The summed E-state index contributed by atoms with van der Waals surface area (Å²) >= 11 is 0. The summed E-state index contributed by atoms with van der Waals surface area (Å²) in [5.41, 5.74) is 1.00. The second kappa shape index (κ2) is 8.16. The van der Waals surface area contributed by atoms with Gasteiger partial charge in [0.15, 0.2) is 12.2 Å². The molecule has 0 spiro atoms. The number of para-hydroxylation sites is 1. The van der Waals surface area contributed by atoms with Crippen LogP contribution in [0.4, 0.5) is 11.4 Å². The van der Waals surface area contributed by atoms with Gasteiger partial charge in [-0.2, -0.15) is 0 Å². The summed E-state index contributed by atoms with van der Waals surface area (Å²) in [6.07, 6.45) is -0.148. The van der Waals surface area contributed by atoms with Crippen molar-refractivity contribution in [2.24, 2.45) is 0 Å². The predicted octanol–water partition coefficient (Wildman–Crippen LogP) is 2.47. The van der Waals surface area contributed by atoms with Crippen molar-refractivity contribution in [2.75, 3.05) is 19.0 Å². The number of rotatable bonds is 7. The molecule has 0 saturated heterocycles. The minimum absolute atomic E-state index is 0.114. The Morgan fingerprint density at radius 3 is 2.79 bits per heavy atom. The molecule has 0 bridgehead atoms. The molecule has 0 radical (unpaired) electrons. The van der Waals surface area contributed by atoms with Crippen molar-refractivity contribution < 1.29 is 28.5 Å². The number of non-ortho nitro benzene ring substituents is 1. The Hall–Kier alpha value is -3.95. The Morgan fingerprint density at radius 1 is 1.25 bits per heavy atom. The van der Waals surface area contributed by atoms with Crippen LogP contribution < -0.4 is 10.1 Å². The fraction of sp³-hybridized carbons (Fsp3) is 0.167. The number of fused-ring (bicyclic) bond motifs is 1. The summed E-state index contributed by atoms with van der Waals surface area (Å²) < 4.78 is 15.1. The fourth-order valence-corrected chi connectivity index (χ4v) is 2.48. The van der Waals surface area contributed by atoms with E-state index < -0.39 is 23.4 Å². The molecule has 10 nitrogen and oxygen atoms in total. The lowest BCUT2D eigenvalue weighted by Gasteiger charge is -2.10. The van der Waals surface area contributed by atoms with Crippen LogP contribution in [0.25, 0.3) is 11.0 Å². The van der Waals surface area contributed by atoms with Gasteiger partial charge in [0.1, 0.15) is 11.4 Å². The number of carbonyl (C=O) groups is 2. The van der Waals surface area contributed by atoms with Crippen molar-refractivity contribution in [1.29, 1.82) is 0 Å². The van der Waals surface area contributed by atoms with Gasteiger partial charge >= 0.3 is 5.97 Å². The summed E-state index contributed by atoms with van der Waals surface area (Å²) in [5.74, 6) is -1.15. The van der Waals surface area contributed by atoms with E-state index in [-0.39, 0.29) is 23.5 Å². The molecule has 3 rings (SSSR count). The van der Waals surface area contributed by atoms with E-state index in [2.05, 4.69) is 10.5 Å². The van der Waals surface area contributed by atoms with Gasteiger partial charge in [-0.1, -0.05) is 17.3 Å². The van der Waals surface area contributed by atoms with Gasteiger partial charge in [0, 0.05) is 11.5 Å². The Balaban J connectivity index is 1.57. The molecule has 144 valence electrons. The Labute approximate surface area is 158 Å². The second-order valence-corrected chi connectivity index (χ2v) is 5.65. The molecule has 3 aromatic rings. The van der Waals surface area contributed by atoms with Gasteiger partial charge in [-0.05, 0) is 18.2 Å². The molecule has 28 heavy (non-hydrogen) atoms. The number of anilines is 1. The number of nitrogens with zero attached hydrogens (tertiary/aromatic N) is 2. The fourth-order valence-electron chi connectivity index (χ4n) is 2.48. The van der Waals surface area contributed by atoms with Crippen LogP contribution in [0.1, 0.15) is 5.69 Å². The Morgan fingerprint density at radius 2 is 2.04 bits per heavy atom. The average molecular weight is 385 g/mol. The van der Waals surface area contributed by atoms with Crippen LogP contribution in [0.15, 0.2) is 47.0 Å². The first kappa shape index (κ1) is 18.8. The molecular weight excluding hydrogens is 370 g/mol. The molecule has 10 heteroatoms. The number of aromatic nitrogens is 1. The van der Waals surface area contributed by atoms with Gasteiger partial charge in [-0.3, -0.25) is 19.7 Å². The van der Waals surface area contributed by atoms with Crippen LogP contribution in [0.3, 0.4) is 0 Å². The van der Waals surface area contributed by atoms with Gasteiger partial charge in [-0.25, -0.2) is 0 Å². The highest BCUT2D eigenvalue weighted by Crippen LogP contribution is 2.28. The third kappa shape index (κ3) is 4.23. The minimum atomic E-state index is -0.648. The first-order chi connectivity index (χ1) is 13.5. The number of nitro benzene ring substituents is 1. The van der Waals surface area contributed by atoms with Gasteiger partial charge < -0.3 is 19.3 Å². The molecule has 0 saturated carbocycles. The van der Waals surface area contributed by atoms with Crippen LogP contribution in [-0.2, 0) is 20.7 Å². The number of esters is 1. The Bertz CT molecular complexity index is 1040. The van der Waals surface area contributed by atoms with E-state index in [0.29, 0.717) is 16.7 Å². The van der Waals surface area contributed by atoms with Gasteiger partial charge in [0.05, 0.1) is 30.2 Å². The molecule has 0 unspecified atom stereocenters. The number of amides is 1. The lowest BCUT2D eigenvalue weighted by atomic mass is 10.2. The van der Waals surface area contributed by atoms with E-state index in [1.165, 1.54) is 25.3 Å². The lowest BCUT2D eigenvalue weighted by Crippen LogP contribution is -2.22. The first-order valence-corrected chi connectivity index (χ1v) is 8.09. The highest BCUT2D eigenvalue weighted by atomic mass is 16.6. The third-order valence-corrected chi connectivity index (χ3v) is 3.80. The van der Waals surface area contributed by atoms with E-state index in [0.717, 1.165) is 0 Å². The lowest BCUT2D eigenvalue weighted by molar-refractivity contribution is -0.384. The zero-order valence-electron chi connectivity index (χ0n) is 14.7. The number of hydrogen-bond donors (Lipinski definition) is 1. The molecule has 1 aromatic heterocycles. The number of methoxy groups -OCH3 is 1. The molecule has 0 aliphatic rings. The molecule has 1 amide bonds. The monoisotopic (exact) mass is 385 g/mol. The van der Waals surface area contributed by atoms with Crippen molar-refractivity contribution >= 4 is 34.2 Å². The Kier molecular flexibility index (Phi) is 5.49. The van der Waals surface area contributed by atoms with Crippen LogP contribution in [0.5, 0.6) is 5.75 Å². The number of hydrogen-bond acceptors (Lipinski definition) is 8. The molecular formula is C18H15N3O7. The van der Waals surface area contributed by atoms with Gasteiger partial charge in [0.25, 0.3) is 11.6 Å². The van der Waals surface area contributed by atoms with Gasteiger partial charge in [-0.15, -0.1) is 0 Å². The van der Waals surface area contributed by atoms with Crippen LogP contribution >= 0.6 is 0 Å². The third-order valence-electron chi connectivity index (χ3n) is 3.80. The van der Waals surface area contributed by atoms with Crippen LogP contribution in [-0.4, -0.2) is 35.7 Å². The van der Waals surface area contributed by atoms with Gasteiger partial charge in [0.2, 0.25) is 0 Å². The summed E-state index contributed by atoms with van der Waals surface area (Å²) in [6.45, 7) is -0.533. The molecule has 0 atom stereocenters. The molecule has 0 fully saturated rings. The smallest absolute Gasteiger partial charge is 0.312 e. The van der Waals surface area contributed by atoms with E-state index in [4.69, 9.17) is 14.0 Å².